The lowest BCUT2D eigenvalue weighted by molar-refractivity contribution is 0.0992. The lowest BCUT2D eigenvalue weighted by Gasteiger charge is -2.45. The van der Waals surface area contributed by atoms with Crippen LogP contribution >= 0.6 is 0 Å². The van der Waals surface area contributed by atoms with E-state index >= 15 is 0 Å². The molecule has 3 aromatic carbocycles. The van der Waals surface area contributed by atoms with Crippen LogP contribution in [0.15, 0.2) is 91.1 Å². The third-order valence-electron chi connectivity index (χ3n) is 6.82. The molecule has 1 aliphatic heterocycles. The topological polar surface area (TPSA) is 38.1 Å². The molecule has 0 saturated heterocycles. The molecule has 4 aromatic rings. The second-order valence-electron chi connectivity index (χ2n) is 9.94. The number of fused-ring (bicyclic) bond motifs is 1. The third-order valence-corrected chi connectivity index (χ3v) is 6.82. The number of Topliss-reactive ketones (excluding diaryl/α,β-unsaturated/α-hetero) is 1. The quantitative estimate of drug-likeness (QED) is 0.315. The fourth-order valence-corrected chi connectivity index (χ4v) is 5.00. The Morgan fingerprint density at radius 1 is 0.912 bits per heavy atom. The Balaban J connectivity index is 1.59. The van der Waals surface area contributed by atoms with Gasteiger partial charge in [0.1, 0.15) is 5.82 Å². The van der Waals surface area contributed by atoms with E-state index in [9.17, 15) is 4.79 Å². The van der Waals surface area contributed by atoms with Crippen LogP contribution in [0.3, 0.4) is 0 Å². The summed E-state index contributed by atoms with van der Waals surface area (Å²) in [6, 6.07) is 29.5. The molecule has 0 spiro atoms. The Labute approximate surface area is 201 Å². The van der Waals surface area contributed by atoms with Crippen LogP contribution in [0.2, 0.25) is 0 Å². The molecule has 4 heteroatoms. The fraction of sp³-hybridized carbons (Fsp3) is 0.267. The van der Waals surface area contributed by atoms with Gasteiger partial charge in [0.05, 0.1) is 23.3 Å². The van der Waals surface area contributed by atoms with Crippen LogP contribution < -0.4 is 4.90 Å². The lowest BCUT2D eigenvalue weighted by Crippen LogP contribution is -2.44. The van der Waals surface area contributed by atoms with Gasteiger partial charge in [-0.15, -0.1) is 0 Å². The number of rotatable bonds is 6. The van der Waals surface area contributed by atoms with Gasteiger partial charge < -0.3 is 4.90 Å². The fourth-order valence-electron chi connectivity index (χ4n) is 5.00. The maximum atomic E-state index is 13.6. The summed E-state index contributed by atoms with van der Waals surface area (Å²) in [7, 11) is 0. The van der Waals surface area contributed by atoms with Crippen LogP contribution in [0.4, 0.5) is 5.82 Å². The number of anilines is 1. The first-order valence-electron chi connectivity index (χ1n) is 12.0. The van der Waals surface area contributed by atoms with Gasteiger partial charge in [-0.3, -0.25) is 4.79 Å². The first-order chi connectivity index (χ1) is 16.4. The van der Waals surface area contributed by atoms with Gasteiger partial charge in [-0.1, -0.05) is 90.5 Å². The molecule has 0 saturated carbocycles. The minimum atomic E-state index is -0.217. The van der Waals surface area contributed by atoms with Gasteiger partial charge in [0.15, 0.2) is 5.78 Å². The van der Waals surface area contributed by atoms with Crippen molar-refractivity contribution in [1.29, 1.82) is 0 Å². The van der Waals surface area contributed by atoms with Gasteiger partial charge in [0.2, 0.25) is 0 Å². The van der Waals surface area contributed by atoms with E-state index in [-0.39, 0.29) is 17.4 Å². The SMILES string of the molecule is Cc1ccc(CC(=O)c2cnn3c2N(Cc2ccccc2)C(c2ccccc2)CC3(C)C)cc1. The number of aromatic nitrogens is 2. The Kier molecular flexibility index (Phi) is 5.82. The van der Waals surface area contributed by atoms with Crippen LogP contribution in [-0.4, -0.2) is 15.6 Å². The van der Waals surface area contributed by atoms with Crippen LogP contribution in [-0.2, 0) is 18.5 Å². The number of hydrogen-bond donors (Lipinski definition) is 0. The largest absolute Gasteiger partial charge is 0.345 e. The minimum Gasteiger partial charge on any atom is -0.345 e. The van der Waals surface area contributed by atoms with Gasteiger partial charge >= 0.3 is 0 Å². The van der Waals surface area contributed by atoms with Crippen LogP contribution in [0, 0.1) is 6.92 Å². The highest BCUT2D eigenvalue weighted by atomic mass is 16.1. The van der Waals surface area contributed by atoms with Crippen molar-refractivity contribution >= 4 is 11.6 Å². The Morgan fingerprint density at radius 2 is 1.56 bits per heavy atom. The highest BCUT2D eigenvalue weighted by Gasteiger charge is 2.41. The van der Waals surface area contributed by atoms with Crippen LogP contribution in [0.1, 0.15) is 58.9 Å². The predicted molar refractivity (Wildman–Crippen MR) is 137 cm³/mol. The number of hydrogen-bond acceptors (Lipinski definition) is 3. The zero-order valence-electron chi connectivity index (χ0n) is 20.1. The van der Waals surface area contributed by atoms with Gasteiger partial charge in [0.25, 0.3) is 0 Å². The van der Waals surface area contributed by atoms with Crippen molar-refractivity contribution in [2.24, 2.45) is 0 Å². The van der Waals surface area contributed by atoms with Gasteiger partial charge in [-0.2, -0.15) is 5.10 Å². The van der Waals surface area contributed by atoms with Crippen molar-refractivity contribution in [3.63, 3.8) is 0 Å². The maximum absolute atomic E-state index is 13.6. The van der Waals surface area contributed by atoms with E-state index < -0.39 is 0 Å². The van der Waals surface area contributed by atoms with Crippen molar-refractivity contribution in [2.45, 2.75) is 51.7 Å². The molecular weight excluding hydrogens is 418 g/mol. The zero-order chi connectivity index (χ0) is 23.7. The molecule has 1 aliphatic rings. The Hall–Kier alpha value is -3.66. The van der Waals surface area contributed by atoms with E-state index in [0.29, 0.717) is 18.5 Å². The van der Waals surface area contributed by atoms with Crippen molar-refractivity contribution in [1.82, 2.24) is 9.78 Å². The third kappa shape index (κ3) is 4.28. The molecule has 172 valence electrons. The summed E-state index contributed by atoms with van der Waals surface area (Å²) in [6.45, 7) is 7.21. The lowest BCUT2D eigenvalue weighted by atomic mass is 9.87. The molecule has 0 fully saturated rings. The van der Waals surface area contributed by atoms with Crippen LogP contribution in [0.25, 0.3) is 0 Å². The summed E-state index contributed by atoms with van der Waals surface area (Å²) in [5, 5.41) is 4.76. The molecule has 5 rings (SSSR count). The maximum Gasteiger partial charge on any atom is 0.172 e. The Morgan fingerprint density at radius 3 is 2.24 bits per heavy atom. The van der Waals surface area contributed by atoms with Crippen molar-refractivity contribution in [3.05, 3.63) is 119 Å². The molecule has 1 unspecified atom stereocenters. The first-order valence-corrected chi connectivity index (χ1v) is 12.0. The predicted octanol–water partition coefficient (Wildman–Crippen LogP) is 6.50. The minimum absolute atomic E-state index is 0.104. The first kappa shape index (κ1) is 22.1. The van der Waals surface area contributed by atoms with E-state index in [4.69, 9.17) is 5.10 Å². The second kappa shape index (κ2) is 8.94. The van der Waals surface area contributed by atoms with E-state index in [1.807, 2.05) is 18.2 Å². The highest BCUT2D eigenvalue weighted by Crippen LogP contribution is 2.45. The number of aryl methyl sites for hydroxylation is 1. The van der Waals surface area contributed by atoms with E-state index in [1.54, 1.807) is 6.20 Å². The molecule has 0 amide bonds. The van der Waals surface area contributed by atoms with Gasteiger partial charge in [0, 0.05) is 13.0 Å². The molecule has 1 atom stereocenters. The normalized spacial score (nSPS) is 16.8. The number of ketones is 1. The van der Waals surface area contributed by atoms with Crippen molar-refractivity contribution < 1.29 is 4.79 Å². The smallest absolute Gasteiger partial charge is 0.172 e. The van der Waals surface area contributed by atoms with E-state index in [2.05, 4.69) is 97.1 Å². The average Bonchev–Trinajstić information content (AvgIpc) is 3.30. The molecule has 4 nitrogen and oxygen atoms in total. The van der Waals surface area contributed by atoms with Gasteiger partial charge in [-0.25, -0.2) is 4.68 Å². The second-order valence-corrected chi connectivity index (χ2v) is 9.94. The molecule has 0 radical (unpaired) electrons. The summed E-state index contributed by atoms with van der Waals surface area (Å²) in [4.78, 5) is 16.0. The monoisotopic (exact) mass is 449 g/mol. The summed E-state index contributed by atoms with van der Waals surface area (Å²) >= 11 is 0. The van der Waals surface area contributed by atoms with Crippen LogP contribution in [0.5, 0.6) is 0 Å². The Bertz CT molecular complexity index is 1270. The van der Waals surface area contributed by atoms with Gasteiger partial charge in [-0.05, 0) is 43.9 Å². The molecule has 34 heavy (non-hydrogen) atoms. The highest BCUT2D eigenvalue weighted by molar-refractivity contribution is 6.02. The molecule has 1 aromatic heterocycles. The van der Waals surface area contributed by atoms with E-state index in [1.165, 1.54) is 16.7 Å². The summed E-state index contributed by atoms with van der Waals surface area (Å²) < 4.78 is 2.07. The summed E-state index contributed by atoms with van der Waals surface area (Å²) in [5.41, 5.74) is 5.18. The molecule has 2 heterocycles. The van der Waals surface area contributed by atoms with E-state index in [0.717, 1.165) is 17.8 Å². The number of benzene rings is 3. The van der Waals surface area contributed by atoms with Crippen molar-refractivity contribution in [3.8, 4) is 0 Å². The number of nitrogens with zero attached hydrogens (tertiary/aromatic N) is 3. The molecule has 0 aliphatic carbocycles. The number of carbonyl (C=O) groups is 1. The molecule has 0 N–H and O–H groups in total. The molecule has 0 bridgehead atoms. The molecular formula is C30H31N3O. The standard InChI is InChI=1S/C30H31N3O/c1-22-14-16-23(17-15-22)18-28(34)26-20-31-33-29(26)32(21-24-10-6-4-7-11-24)27(19-30(33,2)3)25-12-8-5-9-13-25/h4-17,20,27H,18-19,21H2,1-3H3. The average molecular weight is 450 g/mol. The summed E-state index contributed by atoms with van der Waals surface area (Å²) in [5.74, 6) is 1.03. The zero-order valence-corrected chi connectivity index (χ0v) is 20.1. The van der Waals surface area contributed by atoms with Crippen molar-refractivity contribution in [2.75, 3.05) is 4.90 Å². The summed E-state index contributed by atoms with van der Waals surface area (Å²) in [6.07, 6.45) is 3.05. The number of carbonyl (C=O) groups excluding carboxylic acids is 1.